The summed E-state index contributed by atoms with van der Waals surface area (Å²) in [6.07, 6.45) is 12.5. The van der Waals surface area contributed by atoms with Gasteiger partial charge in [-0.25, -0.2) is 4.79 Å². The van der Waals surface area contributed by atoms with Gasteiger partial charge in [0.25, 0.3) is 0 Å². The fraction of sp³-hybridized carbons (Fsp3) is 0.833. The van der Waals surface area contributed by atoms with Crippen LogP contribution >= 0.6 is 0 Å². The predicted molar refractivity (Wildman–Crippen MR) is 136 cm³/mol. The first-order valence-corrected chi connectivity index (χ1v) is 13.7. The summed E-state index contributed by atoms with van der Waals surface area (Å²) < 4.78 is 0. The maximum Gasteiger partial charge on any atom is 0.330 e. The van der Waals surface area contributed by atoms with Gasteiger partial charge in [0.1, 0.15) is 0 Å². The second kappa shape index (κ2) is 8.20. The molecule has 0 amide bonds. The van der Waals surface area contributed by atoms with Gasteiger partial charge in [0.05, 0.1) is 11.7 Å². The van der Waals surface area contributed by atoms with Crippen molar-refractivity contribution in [1.29, 1.82) is 0 Å². The zero-order valence-corrected chi connectivity index (χ0v) is 22.6. The van der Waals surface area contributed by atoms with Crippen molar-refractivity contribution >= 4 is 5.97 Å². The Labute approximate surface area is 206 Å². The molecule has 0 heterocycles. The molecule has 0 aromatic rings. The molecule has 0 saturated heterocycles. The summed E-state index contributed by atoms with van der Waals surface area (Å²) in [4.78, 5) is 11.2. The van der Waals surface area contributed by atoms with Crippen LogP contribution in [0.2, 0.25) is 0 Å². The smallest absolute Gasteiger partial charge is 0.330 e. The van der Waals surface area contributed by atoms with E-state index in [0.29, 0.717) is 17.4 Å². The second-order valence-electron chi connectivity index (χ2n) is 13.7. The first-order valence-electron chi connectivity index (χ1n) is 13.7. The van der Waals surface area contributed by atoms with Crippen LogP contribution in [0, 0.1) is 39.4 Å². The zero-order chi connectivity index (χ0) is 25.3. The average molecular weight is 473 g/mol. The first-order chi connectivity index (χ1) is 15.6. The van der Waals surface area contributed by atoms with Crippen molar-refractivity contribution in [2.24, 2.45) is 39.4 Å². The van der Waals surface area contributed by atoms with Crippen molar-refractivity contribution in [3.05, 3.63) is 23.3 Å². The topological polar surface area (TPSA) is 77.8 Å². The highest BCUT2D eigenvalue weighted by atomic mass is 16.4. The number of rotatable bonds is 5. The SMILES string of the molecule is CC(=CCCC(C)C1(C)CC=C2C3CCC4C(C)(C)C(O)CCC4(C)C3(O)CCC21C)C(=O)O. The molecule has 4 rings (SSSR count). The van der Waals surface area contributed by atoms with Gasteiger partial charge < -0.3 is 15.3 Å². The third-order valence-corrected chi connectivity index (χ3v) is 12.3. The van der Waals surface area contributed by atoms with Gasteiger partial charge in [-0.1, -0.05) is 59.3 Å². The van der Waals surface area contributed by atoms with Crippen LogP contribution in [0.25, 0.3) is 0 Å². The third-order valence-electron chi connectivity index (χ3n) is 12.3. The Hall–Kier alpha value is -1.13. The Balaban J connectivity index is 1.59. The van der Waals surface area contributed by atoms with E-state index in [1.165, 1.54) is 5.57 Å². The van der Waals surface area contributed by atoms with Crippen LogP contribution in [0.15, 0.2) is 23.3 Å². The molecule has 0 spiro atoms. The molecule has 3 fully saturated rings. The van der Waals surface area contributed by atoms with Crippen molar-refractivity contribution < 1.29 is 20.1 Å². The fourth-order valence-electron chi connectivity index (χ4n) is 9.29. The van der Waals surface area contributed by atoms with Gasteiger partial charge in [-0.2, -0.15) is 0 Å². The fourth-order valence-corrected chi connectivity index (χ4v) is 9.29. The standard InChI is InChI=1S/C30H48O4/c1-19(25(32)33)9-8-10-20(2)27(5)15-13-21-22-11-12-23-26(3,4)24(31)14-16-29(23,7)30(22,34)18-17-28(21,27)6/h9,13,20,22-24,31,34H,8,10-12,14-18H2,1-7H3,(H,32,33). The Morgan fingerprint density at radius 2 is 1.79 bits per heavy atom. The maximum absolute atomic E-state index is 12.5. The monoisotopic (exact) mass is 472 g/mol. The van der Waals surface area contributed by atoms with Gasteiger partial charge in [0.15, 0.2) is 0 Å². The van der Waals surface area contributed by atoms with E-state index in [-0.39, 0.29) is 33.7 Å². The number of aliphatic carboxylic acids is 1. The van der Waals surface area contributed by atoms with E-state index in [1.807, 2.05) is 6.08 Å². The molecule has 0 aromatic heterocycles. The molecule has 0 aromatic carbocycles. The van der Waals surface area contributed by atoms with Crippen LogP contribution in [-0.4, -0.2) is 33.0 Å². The summed E-state index contributed by atoms with van der Waals surface area (Å²) in [7, 11) is 0. The highest BCUT2D eigenvalue weighted by molar-refractivity contribution is 5.85. The van der Waals surface area contributed by atoms with Crippen LogP contribution in [-0.2, 0) is 4.79 Å². The highest BCUT2D eigenvalue weighted by Gasteiger charge is 2.69. The zero-order valence-electron chi connectivity index (χ0n) is 22.6. The lowest BCUT2D eigenvalue weighted by molar-refractivity contribution is -0.242. The molecule has 4 heteroatoms. The van der Waals surface area contributed by atoms with Gasteiger partial charge in [-0.15, -0.1) is 0 Å². The maximum atomic E-state index is 12.5. The summed E-state index contributed by atoms with van der Waals surface area (Å²) in [5, 5.41) is 32.5. The lowest BCUT2D eigenvalue weighted by Crippen LogP contribution is -2.67. The van der Waals surface area contributed by atoms with E-state index in [2.05, 4.69) is 47.6 Å². The molecule has 0 aliphatic heterocycles. The predicted octanol–water partition coefficient (Wildman–Crippen LogP) is 6.51. The molecule has 8 atom stereocenters. The van der Waals surface area contributed by atoms with Crippen molar-refractivity contribution in [3.8, 4) is 0 Å². The molecule has 3 saturated carbocycles. The van der Waals surface area contributed by atoms with Crippen LogP contribution in [0.1, 0.15) is 106 Å². The van der Waals surface area contributed by atoms with Crippen molar-refractivity contribution in [2.75, 3.05) is 0 Å². The van der Waals surface area contributed by atoms with Crippen molar-refractivity contribution in [2.45, 2.75) is 118 Å². The summed E-state index contributed by atoms with van der Waals surface area (Å²) in [6, 6.07) is 0. The van der Waals surface area contributed by atoms with Crippen molar-refractivity contribution in [1.82, 2.24) is 0 Å². The van der Waals surface area contributed by atoms with E-state index < -0.39 is 11.6 Å². The molecule has 34 heavy (non-hydrogen) atoms. The number of carboxylic acid groups (broad SMARTS) is 1. The Kier molecular flexibility index (Phi) is 6.26. The van der Waals surface area contributed by atoms with Crippen LogP contribution in [0.5, 0.6) is 0 Å². The van der Waals surface area contributed by atoms with Gasteiger partial charge in [-0.3, -0.25) is 0 Å². The lowest BCUT2D eigenvalue weighted by atomic mass is 9.39. The number of aliphatic hydroxyl groups is 2. The normalized spacial score (nSPS) is 46.7. The minimum absolute atomic E-state index is 0.0712. The van der Waals surface area contributed by atoms with E-state index >= 15 is 0 Å². The number of aliphatic hydroxyl groups excluding tert-OH is 1. The summed E-state index contributed by atoms with van der Waals surface area (Å²) in [5.74, 6) is 0.184. The summed E-state index contributed by atoms with van der Waals surface area (Å²) in [6.45, 7) is 15.7. The minimum atomic E-state index is -0.829. The van der Waals surface area contributed by atoms with E-state index in [9.17, 15) is 20.1 Å². The number of carboxylic acids is 1. The molecule has 192 valence electrons. The lowest BCUT2D eigenvalue weighted by Gasteiger charge is -2.68. The Bertz CT molecular complexity index is 901. The number of hydrogen-bond acceptors (Lipinski definition) is 3. The molecule has 0 bridgehead atoms. The van der Waals surface area contributed by atoms with Crippen LogP contribution in [0.4, 0.5) is 0 Å². The minimum Gasteiger partial charge on any atom is -0.478 e. The molecule has 4 aliphatic rings. The molecule has 3 N–H and O–H groups in total. The Morgan fingerprint density at radius 1 is 1.12 bits per heavy atom. The van der Waals surface area contributed by atoms with Gasteiger partial charge >= 0.3 is 5.97 Å². The molecular formula is C30H48O4. The van der Waals surface area contributed by atoms with E-state index in [1.54, 1.807) is 6.92 Å². The molecule has 4 nitrogen and oxygen atoms in total. The molecule has 0 radical (unpaired) electrons. The summed E-state index contributed by atoms with van der Waals surface area (Å²) >= 11 is 0. The third kappa shape index (κ3) is 3.34. The largest absolute Gasteiger partial charge is 0.478 e. The number of hydrogen-bond donors (Lipinski definition) is 3. The van der Waals surface area contributed by atoms with Crippen LogP contribution < -0.4 is 0 Å². The van der Waals surface area contributed by atoms with Gasteiger partial charge in [0, 0.05) is 16.9 Å². The highest BCUT2D eigenvalue weighted by Crippen LogP contribution is 2.72. The molecule has 8 unspecified atom stereocenters. The van der Waals surface area contributed by atoms with Gasteiger partial charge in [-0.05, 0) is 92.8 Å². The molecular weight excluding hydrogens is 424 g/mol. The Morgan fingerprint density at radius 3 is 2.44 bits per heavy atom. The van der Waals surface area contributed by atoms with E-state index in [4.69, 9.17) is 0 Å². The second-order valence-corrected chi connectivity index (χ2v) is 13.7. The number of allylic oxidation sites excluding steroid dienone is 2. The quantitative estimate of drug-likeness (QED) is 0.315. The van der Waals surface area contributed by atoms with Crippen molar-refractivity contribution in [3.63, 3.8) is 0 Å². The number of fused-ring (bicyclic) bond motifs is 5. The number of carbonyl (C=O) groups is 1. The van der Waals surface area contributed by atoms with Crippen LogP contribution in [0.3, 0.4) is 0 Å². The van der Waals surface area contributed by atoms with E-state index in [0.717, 1.165) is 57.8 Å². The van der Waals surface area contributed by atoms with Gasteiger partial charge in [0.2, 0.25) is 0 Å². The average Bonchev–Trinajstić information content (AvgIpc) is 3.04. The first kappa shape index (κ1) is 25.9. The molecule has 4 aliphatic carbocycles. The summed E-state index contributed by atoms with van der Waals surface area (Å²) in [5.41, 5.74) is 1.09.